The van der Waals surface area contributed by atoms with Crippen LogP contribution in [0, 0.1) is 0 Å². The first kappa shape index (κ1) is 12.4. The van der Waals surface area contributed by atoms with Crippen molar-refractivity contribution in [2.45, 2.75) is 6.18 Å². The summed E-state index contributed by atoms with van der Waals surface area (Å²) in [6.07, 6.45) is -2.96. The lowest BCUT2D eigenvalue weighted by Gasteiger charge is -2.14. The third-order valence-electron chi connectivity index (χ3n) is 2.67. The summed E-state index contributed by atoms with van der Waals surface area (Å²) in [5, 5.41) is 0. The summed E-state index contributed by atoms with van der Waals surface area (Å²) < 4.78 is 39.0. The Kier molecular flexibility index (Phi) is 3.24. The van der Waals surface area contributed by atoms with E-state index in [9.17, 15) is 13.2 Å². The molecule has 0 saturated carbocycles. The van der Waals surface area contributed by atoms with Crippen molar-refractivity contribution in [3.8, 4) is 11.1 Å². The highest BCUT2D eigenvalue weighted by Gasteiger charge is 2.33. The van der Waals surface area contributed by atoms with E-state index in [4.69, 9.17) is 0 Å². The molecule has 0 fully saturated rings. The molecular formula is C15H11F3. The number of halogens is 3. The van der Waals surface area contributed by atoms with Gasteiger partial charge in [-0.05, 0) is 22.8 Å². The maximum absolute atomic E-state index is 13.0. The predicted octanol–water partition coefficient (Wildman–Crippen LogP) is 5.02. The second-order valence-electron chi connectivity index (χ2n) is 3.87. The van der Waals surface area contributed by atoms with Crippen LogP contribution in [0.4, 0.5) is 13.2 Å². The molecule has 0 atom stereocenters. The van der Waals surface area contributed by atoms with Gasteiger partial charge in [-0.2, -0.15) is 13.2 Å². The fraction of sp³-hybridized carbons (Fsp3) is 0.0667. The highest BCUT2D eigenvalue weighted by molar-refractivity contribution is 5.70. The molecule has 2 rings (SSSR count). The number of benzene rings is 2. The lowest BCUT2D eigenvalue weighted by Crippen LogP contribution is -2.07. The average Bonchev–Trinajstić information content (AvgIpc) is 2.38. The average molecular weight is 248 g/mol. The van der Waals surface area contributed by atoms with Crippen molar-refractivity contribution in [2.75, 3.05) is 0 Å². The van der Waals surface area contributed by atoms with Gasteiger partial charge in [0.1, 0.15) is 0 Å². The Hall–Kier alpha value is -2.03. The minimum absolute atomic E-state index is 0.189. The van der Waals surface area contributed by atoms with Crippen LogP contribution in [0.3, 0.4) is 0 Å². The molecule has 2 aromatic rings. The number of rotatable bonds is 2. The minimum atomic E-state index is -4.37. The Morgan fingerprint density at radius 3 is 2.17 bits per heavy atom. The Morgan fingerprint density at radius 1 is 0.944 bits per heavy atom. The van der Waals surface area contributed by atoms with Gasteiger partial charge in [-0.15, -0.1) is 0 Å². The van der Waals surface area contributed by atoms with E-state index in [0.29, 0.717) is 11.1 Å². The van der Waals surface area contributed by atoms with Crippen LogP contribution in [0.5, 0.6) is 0 Å². The van der Waals surface area contributed by atoms with Gasteiger partial charge in [0.05, 0.1) is 5.56 Å². The van der Waals surface area contributed by atoms with Crippen molar-refractivity contribution < 1.29 is 13.2 Å². The molecule has 0 bridgehead atoms. The Bertz CT molecular complexity index is 554. The molecule has 0 N–H and O–H groups in total. The summed E-state index contributed by atoms with van der Waals surface area (Å²) in [7, 11) is 0. The van der Waals surface area contributed by atoms with Gasteiger partial charge < -0.3 is 0 Å². The molecule has 0 heterocycles. The maximum atomic E-state index is 13.0. The molecule has 0 nitrogen and oxygen atoms in total. The van der Waals surface area contributed by atoms with Crippen LogP contribution < -0.4 is 0 Å². The Labute approximate surface area is 103 Å². The molecule has 18 heavy (non-hydrogen) atoms. The zero-order valence-corrected chi connectivity index (χ0v) is 9.54. The maximum Gasteiger partial charge on any atom is 0.417 e. The summed E-state index contributed by atoms with van der Waals surface area (Å²) in [4.78, 5) is 0. The van der Waals surface area contributed by atoms with Crippen molar-refractivity contribution in [3.63, 3.8) is 0 Å². The van der Waals surface area contributed by atoms with Crippen LogP contribution >= 0.6 is 0 Å². The second kappa shape index (κ2) is 4.69. The quantitative estimate of drug-likeness (QED) is 0.700. The lowest BCUT2D eigenvalue weighted by molar-refractivity contribution is -0.137. The van der Waals surface area contributed by atoms with Gasteiger partial charge in [0.15, 0.2) is 0 Å². The molecule has 0 amide bonds. The normalized spacial score (nSPS) is 11.3. The van der Waals surface area contributed by atoms with Gasteiger partial charge in [0.2, 0.25) is 0 Å². The van der Waals surface area contributed by atoms with Crippen molar-refractivity contribution in [2.24, 2.45) is 0 Å². The summed E-state index contributed by atoms with van der Waals surface area (Å²) in [5.41, 5.74) is 0.572. The van der Waals surface area contributed by atoms with Gasteiger partial charge in [-0.25, -0.2) is 0 Å². The topological polar surface area (TPSA) is 0 Å². The summed E-state index contributed by atoms with van der Waals surface area (Å²) in [6, 6.07) is 12.8. The molecule has 0 aliphatic carbocycles. The molecule has 3 heteroatoms. The first-order chi connectivity index (χ1) is 8.52. The fourth-order valence-electron chi connectivity index (χ4n) is 1.79. The molecule has 0 aromatic heterocycles. The van der Waals surface area contributed by atoms with E-state index in [0.717, 1.165) is 6.07 Å². The van der Waals surface area contributed by atoms with E-state index >= 15 is 0 Å². The van der Waals surface area contributed by atoms with E-state index in [1.165, 1.54) is 12.1 Å². The largest absolute Gasteiger partial charge is 0.417 e. The van der Waals surface area contributed by atoms with Gasteiger partial charge in [-0.1, -0.05) is 55.1 Å². The van der Waals surface area contributed by atoms with Crippen LogP contribution in [0.25, 0.3) is 17.2 Å². The van der Waals surface area contributed by atoms with Gasteiger partial charge in [0, 0.05) is 0 Å². The van der Waals surface area contributed by atoms with Crippen molar-refractivity contribution in [1.29, 1.82) is 0 Å². The molecule has 2 aromatic carbocycles. The second-order valence-corrected chi connectivity index (χ2v) is 3.87. The van der Waals surface area contributed by atoms with E-state index in [1.807, 2.05) is 0 Å². The van der Waals surface area contributed by atoms with E-state index in [2.05, 4.69) is 6.58 Å². The van der Waals surface area contributed by atoms with Gasteiger partial charge >= 0.3 is 6.18 Å². The van der Waals surface area contributed by atoms with Crippen LogP contribution in [-0.2, 0) is 6.18 Å². The first-order valence-corrected chi connectivity index (χ1v) is 5.41. The van der Waals surface area contributed by atoms with Gasteiger partial charge in [-0.3, -0.25) is 0 Å². The van der Waals surface area contributed by atoms with Gasteiger partial charge in [0.25, 0.3) is 0 Å². The lowest BCUT2D eigenvalue weighted by atomic mass is 9.97. The highest BCUT2D eigenvalue weighted by atomic mass is 19.4. The molecule has 92 valence electrons. The van der Waals surface area contributed by atoms with Crippen LogP contribution in [0.1, 0.15) is 11.1 Å². The molecule has 0 aliphatic rings. The molecule has 0 aliphatic heterocycles. The highest BCUT2D eigenvalue weighted by Crippen LogP contribution is 2.37. The van der Waals surface area contributed by atoms with Crippen LogP contribution in [-0.4, -0.2) is 0 Å². The van der Waals surface area contributed by atoms with Crippen LogP contribution in [0.15, 0.2) is 55.1 Å². The third kappa shape index (κ3) is 2.45. The Balaban J connectivity index is 2.64. The minimum Gasteiger partial charge on any atom is -0.166 e. The Morgan fingerprint density at radius 2 is 1.61 bits per heavy atom. The standard InChI is InChI=1S/C15H11F3/c1-2-11-8-9-13(12-6-4-3-5-7-12)14(10-11)15(16,17)18/h2-10H,1H2. The molecule has 0 saturated heterocycles. The number of hydrogen-bond acceptors (Lipinski definition) is 0. The smallest absolute Gasteiger partial charge is 0.166 e. The predicted molar refractivity (Wildman–Crippen MR) is 67.0 cm³/mol. The molecule has 0 spiro atoms. The number of alkyl halides is 3. The molecule has 0 unspecified atom stereocenters. The van der Waals surface area contributed by atoms with Crippen molar-refractivity contribution >= 4 is 6.08 Å². The summed E-state index contributed by atoms with van der Waals surface area (Å²) in [6.45, 7) is 3.49. The zero-order chi connectivity index (χ0) is 13.2. The monoisotopic (exact) mass is 248 g/mol. The third-order valence-corrected chi connectivity index (χ3v) is 2.67. The SMILES string of the molecule is C=Cc1ccc(-c2ccccc2)c(C(F)(F)F)c1. The van der Waals surface area contributed by atoms with Crippen molar-refractivity contribution in [1.82, 2.24) is 0 Å². The summed E-state index contributed by atoms with van der Waals surface area (Å²) in [5.74, 6) is 0. The molecular weight excluding hydrogens is 237 g/mol. The number of hydrogen-bond donors (Lipinski definition) is 0. The van der Waals surface area contributed by atoms with Crippen molar-refractivity contribution in [3.05, 3.63) is 66.2 Å². The first-order valence-electron chi connectivity index (χ1n) is 5.41. The van der Waals surface area contributed by atoms with E-state index in [1.54, 1.807) is 36.4 Å². The summed E-state index contributed by atoms with van der Waals surface area (Å²) >= 11 is 0. The fourth-order valence-corrected chi connectivity index (χ4v) is 1.79. The zero-order valence-electron chi connectivity index (χ0n) is 9.54. The molecule has 0 radical (unpaired) electrons. The van der Waals surface area contributed by atoms with E-state index in [-0.39, 0.29) is 5.56 Å². The van der Waals surface area contributed by atoms with E-state index < -0.39 is 11.7 Å². The van der Waals surface area contributed by atoms with Crippen LogP contribution in [0.2, 0.25) is 0 Å².